The molecule has 1 aliphatic carbocycles. The van der Waals surface area contributed by atoms with Crippen molar-refractivity contribution < 1.29 is 9.53 Å². The molecule has 3 heterocycles. The largest absolute Gasteiger partial charge is 0.497 e. The Bertz CT molecular complexity index is 1460. The van der Waals surface area contributed by atoms with Crippen LogP contribution in [0.3, 0.4) is 0 Å². The highest BCUT2D eigenvalue weighted by Gasteiger charge is 2.22. The van der Waals surface area contributed by atoms with Crippen LogP contribution >= 0.6 is 22.7 Å². The third-order valence-electron chi connectivity index (χ3n) is 5.81. The van der Waals surface area contributed by atoms with E-state index >= 15 is 0 Å². The van der Waals surface area contributed by atoms with Gasteiger partial charge in [-0.15, -0.1) is 22.7 Å². The Kier molecular flexibility index (Phi) is 5.70. The summed E-state index contributed by atoms with van der Waals surface area (Å²) in [6, 6.07) is 9.72. The number of hydrogen-bond donors (Lipinski definition) is 1. The number of benzene rings is 1. The van der Waals surface area contributed by atoms with Crippen molar-refractivity contribution in [1.82, 2.24) is 9.55 Å². The number of fused-ring (bicyclic) bond motifs is 2. The Hall–Kier alpha value is -3.48. The Morgan fingerprint density at radius 2 is 2.06 bits per heavy atom. The summed E-state index contributed by atoms with van der Waals surface area (Å²) in [6.45, 7) is -0.174. The van der Waals surface area contributed by atoms with Crippen molar-refractivity contribution >= 4 is 43.8 Å². The molecule has 1 aromatic carbocycles. The van der Waals surface area contributed by atoms with E-state index in [9.17, 15) is 14.9 Å². The summed E-state index contributed by atoms with van der Waals surface area (Å²) in [4.78, 5) is 32.3. The minimum atomic E-state index is -0.352. The molecule has 1 N–H and O–H groups in total. The number of hydrogen-bond acceptors (Lipinski definition) is 7. The van der Waals surface area contributed by atoms with Crippen molar-refractivity contribution in [3.05, 3.63) is 62.3 Å². The van der Waals surface area contributed by atoms with Crippen LogP contribution in [0.1, 0.15) is 28.8 Å². The average molecular weight is 477 g/mol. The first-order valence-corrected chi connectivity index (χ1v) is 12.2. The standard InChI is InChI=1S/C24H20N4O3S2/c1-31-15-8-6-14(7-9-15)18-12-32-23-21(18)24(30)28(13-26-23)11-20(29)27-22-17(10-25)16-4-2-3-5-19(16)33-22/h6-9,12-13H,2-5,11H2,1H3,(H,27,29). The lowest BCUT2D eigenvalue weighted by Crippen LogP contribution is -2.27. The van der Waals surface area contributed by atoms with Gasteiger partial charge >= 0.3 is 0 Å². The number of ether oxygens (including phenoxy) is 1. The second-order valence-corrected chi connectivity index (χ2v) is 9.77. The zero-order valence-electron chi connectivity index (χ0n) is 17.9. The fourth-order valence-corrected chi connectivity index (χ4v) is 6.32. The first kappa shape index (κ1) is 21.4. The lowest BCUT2D eigenvalue weighted by Gasteiger charge is -2.09. The number of aryl methyl sites for hydroxylation is 1. The average Bonchev–Trinajstić information content (AvgIpc) is 3.42. The van der Waals surface area contributed by atoms with Crippen LogP contribution in [0, 0.1) is 11.3 Å². The van der Waals surface area contributed by atoms with Gasteiger partial charge in [-0.2, -0.15) is 5.26 Å². The van der Waals surface area contributed by atoms with Gasteiger partial charge in [-0.3, -0.25) is 14.2 Å². The van der Waals surface area contributed by atoms with Crippen molar-refractivity contribution in [1.29, 1.82) is 5.26 Å². The SMILES string of the molecule is COc1ccc(-c2csc3ncn(CC(=O)Nc4sc5c(c4C#N)CCCC5)c(=O)c23)cc1. The van der Waals surface area contributed by atoms with Crippen LogP contribution in [0.25, 0.3) is 21.3 Å². The molecule has 5 rings (SSSR count). The van der Waals surface area contributed by atoms with E-state index in [1.807, 2.05) is 29.6 Å². The summed E-state index contributed by atoms with van der Waals surface area (Å²) in [5.74, 6) is 0.382. The van der Waals surface area contributed by atoms with Gasteiger partial charge < -0.3 is 10.1 Å². The third kappa shape index (κ3) is 3.92. The van der Waals surface area contributed by atoms with Crippen LogP contribution in [0.4, 0.5) is 5.00 Å². The number of carbonyl (C=O) groups excluding carboxylic acids is 1. The number of rotatable bonds is 5. The summed E-state index contributed by atoms with van der Waals surface area (Å²) in [5, 5.41) is 15.4. The number of aromatic nitrogens is 2. The van der Waals surface area contributed by atoms with Crippen molar-refractivity contribution in [3.63, 3.8) is 0 Å². The van der Waals surface area contributed by atoms with Crippen LogP contribution in [-0.4, -0.2) is 22.6 Å². The molecule has 0 unspecified atom stereocenters. The molecule has 7 nitrogen and oxygen atoms in total. The Balaban J connectivity index is 1.43. The third-order valence-corrected chi connectivity index (χ3v) is 7.91. The van der Waals surface area contributed by atoms with Gasteiger partial charge in [0.2, 0.25) is 5.91 Å². The van der Waals surface area contributed by atoms with E-state index in [0.717, 1.165) is 48.1 Å². The fraction of sp³-hybridized carbons (Fsp3) is 0.250. The van der Waals surface area contributed by atoms with Gasteiger partial charge in [-0.1, -0.05) is 12.1 Å². The summed E-state index contributed by atoms with van der Waals surface area (Å²) in [7, 11) is 1.60. The Labute approximate surface area is 197 Å². The van der Waals surface area contributed by atoms with Crippen molar-refractivity contribution in [2.24, 2.45) is 0 Å². The highest BCUT2D eigenvalue weighted by atomic mass is 32.1. The van der Waals surface area contributed by atoms with Gasteiger partial charge in [-0.25, -0.2) is 4.98 Å². The van der Waals surface area contributed by atoms with E-state index in [4.69, 9.17) is 4.74 Å². The molecule has 0 fully saturated rings. The quantitative estimate of drug-likeness (QED) is 0.455. The van der Waals surface area contributed by atoms with Gasteiger partial charge in [0.05, 0.1) is 24.4 Å². The molecule has 4 aromatic rings. The predicted octanol–water partition coefficient (Wildman–Crippen LogP) is 4.58. The number of amides is 1. The molecule has 166 valence electrons. The van der Waals surface area contributed by atoms with Crippen molar-refractivity contribution in [2.45, 2.75) is 32.2 Å². The monoisotopic (exact) mass is 476 g/mol. The number of nitrogens with zero attached hydrogens (tertiary/aromatic N) is 3. The molecule has 9 heteroatoms. The fourth-order valence-electron chi connectivity index (χ4n) is 4.16. The summed E-state index contributed by atoms with van der Waals surface area (Å²) in [6.07, 6.45) is 5.38. The maximum Gasteiger partial charge on any atom is 0.263 e. The van der Waals surface area contributed by atoms with Gasteiger partial charge in [0.15, 0.2) is 0 Å². The number of methoxy groups -OCH3 is 1. The molecule has 3 aromatic heterocycles. The molecule has 1 aliphatic rings. The van der Waals surface area contributed by atoms with Crippen LogP contribution in [0.5, 0.6) is 5.75 Å². The topological polar surface area (TPSA) is 97.0 Å². The van der Waals surface area contributed by atoms with E-state index in [-0.39, 0.29) is 18.0 Å². The lowest BCUT2D eigenvalue weighted by atomic mass is 9.96. The zero-order valence-corrected chi connectivity index (χ0v) is 19.5. The molecule has 0 spiro atoms. The number of nitriles is 1. The van der Waals surface area contributed by atoms with Crippen molar-refractivity contribution in [2.75, 3.05) is 12.4 Å². The van der Waals surface area contributed by atoms with Crippen LogP contribution in [0.15, 0.2) is 40.8 Å². The number of anilines is 1. The first-order valence-electron chi connectivity index (χ1n) is 10.5. The van der Waals surface area contributed by atoms with Gasteiger partial charge in [-0.05, 0) is 48.9 Å². The number of carbonyl (C=O) groups is 1. The zero-order chi connectivity index (χ0) is 22.9. The Morgan fingerprint density at radius 3 is 2.82 bits per heavy atom. The van der Waals surface area contributed by atoms with E-state index in [1.54, 1.807) is 7.11 Å². The summed E-state index contributed by atoms with van der Waals surface area (Å²) < 4.78 is 6.53. The van der Waals surface area contributed by atoms with Gasteiger partial charge in [0.25, 0.3) is 5.56 Å². The van der Waals surface area contributed by atoms with Crippen LogP contribution in [0.2, 0.25) is 0 Å². The van der Waals surface area contributed by atoms with Gasteiger partial charge in [0, 0.05) is 15.8 Å². The smallest absolute Gasteiger partial charge is 0.263 e. The van der Waals surface area contributed by atoms with Crippen molar-refractivity contribution in [3.8, 4) is 22.9 Å². The summed E-state index contributed by atoms with van der Waals surface area (Å²) in [5.41, 5.74) is 3.01. The molecular formula is C24H20N4O3S2. The minimum absolute atomic E-state index is 0.174. The molecular weight excluding hydrogens is 456 g/mol. The van der Waals surface area contributed by atoms with Crippen LogP contribution < -0.4 is 15.6 Å². The highest BCUT2D eigenvalue weighted by molar-refractivity contribution is 7.17. The summed E-state index contributed by atoms with van der Waals surface area (Å²) >= 11 is 2.86. The predicted molar refractivity (Wildman–Crippen MR) is 130 cm³/mol. The van der Waals surface area contributed by atoms with Crippen LogP contribution in [-0.2, 0) is 24.2 Å². The molecule has 0 saturated carbocycles. The normalized spacial score (nSPS) is 12.8. The first-order chi connectivity index (χ1) is 16.1. The second-order valence-electron chi connectivity index (χ2n) is 7.81. The van der Waals surface area contributed by atoms with E-state index in [1.165, 1.54) is 38.4 Å². The molecule has 0 bridgehead atoms. The molecule has 0 saturated heterocycles. The Morgan fingerprint density at radius 1 is 1.27 bits per heavy atom. The molecule has 0 aliphatic heterocycles. The second kappa shape index (κ2) is 8.81. The highest BCUT2D eigenvalue weighted by Crippen LogP contribution is 2.37. The number of nitrogens with one attached hydrogen (secondary N) is 1. The van der Waals surface area contributed by atoms with E-state index in [2.05, 4.69) is 16.4 Å². The molecule has 1 amide bonds. The maximum absolute atomic E-state index is 13.3. The van der Waals surface area contributed by atoms with E-state index in [0.29, 0.717) is 20.8 Å². The molecule has 0 atom stereocenters. The molecule has 33 heavy (non-hydrogen) atoms. The van der Waals surface area contributed by atoms with E-state index < -0.39 is 0 Å². The number of thiophene rings is 2. The minimum Gasteiger partial charge on any atom is -0.497 e. The van der Waals surface area contributed by atoms with Gasteiger partial charge in [0.1, 0.15) is 28.2 Å². The molecule has 0 radical (unpaired) electrons. The lowest BCUT2D eigenvalue weighted by molar-refractivity contribution is -0.116. The maximum atomic E-state index is 13.3.